The molecule has 0 aromatic heterocycles. The van der Waals surface area contributed by atoms with Crippen LogP contribution in [0.4, 0.5) is 4.79 Å². The standard InChI is InChI=1S/C14H27N3O2.ClH/c1-2-5-15-12-13-3-6-16(7-4-13)14(18)17-8-10-19-11-9-17;/h13,15H,2-12H2,1H3;1H. The normalized spacial score (nSPS) is 20.6. The van der Waals surface area contributed by atoms with Gasteiger partial charge in [-0.05, 0) is 38.3 Å². The van der Waals surface area contributed by atoms with Crippen LogP contribution >= 0.6 is 12.4 Å². The van der Waals surface area contributed by atoms with Crippen LogP contribution in [0.5, 0.6) is 0 Å². The molecule has 2 rings (SSSR count). The third-order valence-corrected chi connectivity index (χ3v) is 4.03. The molecular formula is C14H28ClN3O2. The Morgan fingerprint density at radius 2 is 1.75 bits per heavy atom. The highest BCUT2D eigenvalue weighted by molar-refractivity contribution is 5.85. The van der Waals surface area contributed by atoms with E-state index in [9.17, 15) is 4.79 Å². The summed E-state index contributed by atoms with van der Waals surface area (Å²) in [6.45, 7) is 9.08. The Morgan fingerprint density at radius 1 is 1.15 bits per heavy atom. The zero-order valence-electron chi connectivity index (χ0n) is 12.5. The molecule has 0 aromatic rings. The van der Waals surface area contributed by atoms with Crippen molar-refractivity contribution >= 4 is 18.4 Å². The predicted octanol–water partition coefficient (Wildman–Crippen LogP) is 1.57. The van der Waals surface area contributed by atoms with Crippen molar-refractivity contribution in [3.05, 3.63) is 0 Å². The number of ether oxygens (including phenoxy) is 1. The molecule has 0 unspecified atom stereocenters. The number of halogens is 1. The van der Waals surface area contributed by atoms with Crippen LogP contribution in [0.15, 0.2) is 0 Å². The van der Waals surface area contributed by atoms with Gasteiger partial charge >= 0.3 is 6.03 Å². The average molecular weight is 306 g/mol. The van der Waals surface area contributed by atoms with Crippen molar-refractivity contribution in [2.75, 3.05) is 52.5 Å². The van der Waals surface area contributed by atoms with Crippen LogP contribution < -0.4 is 5.32 Å². The molecule has 2 amide bonds. The lowest BCUT2D eigenvalue weighted by Gasteiger charge is -2.37. The summed E-state index contributed by atoms with van der Waals surface area (Å²) in [4.78, 5) is 16.2. The second-order valence-electron chi connectivity index (χ2n) is 5.52. The number of morpholine rings is 1. The van der Waals surface area contributed by atoms with Gasteiger partial charge in [-0.15, -0.1) is 12.4 Å². The maximum Gasteiger partial charge on any atom is 0.320 e. The van der Waals surface area contributed by atoms with Crippen molar-refractivity contribution in [1.29, 1.82) is 0 Å². The topological polar surface area (TPSA) is 44.8 Å². The number of hydrogen-bond acceptors (Lipinski definition) is 3. The molecular weight excluding hydrogens is 278 g/mol. The van der Waals surface area contributed by atoms with Gasteiger partial charge in [-0.3, -0.25) is 0 Å². The number of hydrogen-bond donors (Lipinski definition) is 1. The van der Waals surface area contributed by atoms with E-state index in [4.69, 9.17) is 4.74 Å². The Bertz CT molecular complexity index is 278. The third kappa shape index (κ3) is 5.11. The number of nitrogens with zero attached hydrogens (tertiary/aromatic N) is 2. The SMILES string of the molecule is CCCNCC1CCN(C(=O)N2CCOCC2)CC1.Cl. The number of urea groups is 1. The average Bonchev–Trinajstić information content (AvgIpc) is 2.48. The van der Waals surface area contributed by atoms with Crippen LogP contribution in [0.2, 0.25) is 0 Å². The third-order valence-electron chi connectivity index (χ3n) is 4.03. The number of rotatable bonds is 4. The van der Waals surface area contributed by atoms with Gasteiger partial charge in [0.25, 0.3) is 0 Å². The second kappa shape index (κ2) is 9.42. The lowest BCUT2D eigenvalue weighted by Crippen LogP contribution is -2.50. The first-order chi connectivity index (χ1) is 9.31. The Labute approximate surface area is 128 Å². The molecule has 2 aliphatic rings. The van der Waals surface area contributed by atoms with Gasteiger partial charge in [-0.1, -0.05) is 6.92 Å². The summed E-state index contributed by atoms with van der Waals surface area (Å²) in [6, 6.07) is 0.211. The number of likely N-dealkylation sites (tertiary alicyclic amines) is 1. The molecule has 2 saturated heterocycles. The quantitative estimate of drug-likeness (QED) is 0.802. The zero-order chi connectivity index (χ0) is 13.5. The van der Waals surface area contributed by atoms with Crippen molar-refractivity contribution in [3.63, 3.8) is 0 Å². The highest BCUT2D eigenvalue weighted by Gasteiger charge is 2.26. The minimum atomic E-state index is 0. The number of carbonyl (C=O) groups is 1. The van der Waals surface area contributed by atoms with Gasteiger partial charge in [0, 0.05) is 26.2 Å². The predicted molar refractivity (Wildman–Crippen MR) is 82.5 cm³/mol. The van der Waals surface area contributed by atoms with Gasteiger partial charge < -0.3 is 19.9 Å². The van der Waals surface area contributed by atoms with Gasteiger partial charge in [0.1, 0.15) is 0 Å². The fourth-order valence-electron chi connectivity index (χ4n) is 2.77. The Morgan fingerprint density at radius 3 is 2.35 bits per heavy atom. The molecule has 2 aliphatic heterocycles. The summed E-state index contributed by atoms with van der Waals surface area (Å²) in [5, 5.41) is 3.48. The van der Waals surface area contributed by atoms with Crippen molar-refractivity contribution in [3.8, 4) is 0 Å². The molecule has 2 fully saturated rings. The van der Waals surface area contributed by atoms with Crippen molar-refractivity contribution in [2.24, 2.45) is 5.92 Å². The number of amides is 2. The van der Waals surface area contributed by atoms with E-state index in [2.05, 4.69) is 12.2 Å². The molecule has 6 heteroatoms. The van der Waals surface area contributed by atoms with Crippen LogP contribution in [-0.2, 0) is 4.74 Å². The lowest BCUT2D eigenvalue weighted by atomic mass is 9.97. The molecule has 0 bridgehead atoms. The molecule has 20 heavy (non-hydrogen) atoms. The largest absolute Gasteiger partial charge is 0.378 e. The second-order valence-corrected chi connectivity index (χ2v) is 5.52. The molecule has 2 heterocycles. The van der Waals surface area contributed by atoms with E-state index in [1.165, 1.54) is 6.42 Å². The number of carbonyl (C=O) groups excluding carboxylic acids is 1. The molecule has 0 radical (unpaired) electrons. The molecule has 0 spiro atoms. The smallest absolute Gasteiger partial charge is 0.320 e. The highest BCUT2D eigenvalue weighted by Crippen LogP contribution is 2.18. The molecule has 118 valence electrons. The summed E-state index contributed by atoms with van der Waals surface area (Å²) >= 11 is 0. The van der Waals surface area contributed by atoms with Gasteiger partial charge in [0.15, 0.2) is 0 Å². The van der Waals surface area contributed by atoms with Gasteiger partial charge in [0.2, 0.25) is 0 Å². The van der Waals surface area contributed by atoms with E-state index in [0.29, 0.717) is 13.2 Å². The monoisotopic (exact) mass is 305 g/mol. The minimum absolute atomic E-state index is 0. The maximum atomic E-state index is 12.3. The molecule has 1 N–H and O–H groups in total. The van der Waals surface area contributed by atoms with Gasteiger partial charge in [0.05, 0.1) is 13.2 Å². The summed E-state index contributed by atoms with van der Waals surface area (Å²) < 4.78 is 5.29. The minimum Gasteiger partial charge on any atom is -0.378 e. The highest BCUT2D eigenvalue weighted by atomic mass is 35.5. The summed E-state index contributed by atoms with van der Waals surface area (Å²) in [6.07, 6.45) is 3.45. The molecule has 0 aliphatic carbocycles. The van der Waals surface area contributed by atoms with Crippen molar-refractivity contribution < 1.29 is 9.53 Å². The van der Waals surface area contributed by atoms with Crippen LogP contribution in [0.25, 0.3) is 0 Å². The summed E-state index contributed by atoms with van der Waals surface area (Å²) in [5.74, 6) is 0.736. The van der Waals surface area contributed by atoms with Crippen LogP contribution in [0.3, 0.4) is 0 Å². The maximum absolute atomic E-state index is 12.3. The van der Waals surface area contributed by atoms with Gasteiger partial charge in [-0.2, -0.15) is 0 Å². The van der Waals surface area contributed by atoms with Crippen LogP contribution in [0, 0.1) is 5.92 Å². The lowest BCUT2D eigenvalue weighted by molar-refractivity contribution is 0.0400. The Balaban J connectivity index is 0.00000200. The summed E-state index contributed by atoms with van der Waals surface area (Å²) in [5.41, 5.74) is 0. The first kappa shape index (κ1) is 17.5. The first-order valence-corrected chi connectivity index (χ1v) is 7.63. The van der Waals surface area contributed by atoms with Crippen LogP contribution in [-0.4, -0.2) is 68.3 Å². The van der Waals surface area contributed by atoms with E-state index >= 15 is 0 Å². The fraction of sp³-hybridized carbons (Fsp3) is 0.929. The van der Waals surface area contributed by atoms with E-state index in [0.717, 1.165) is 58.0 Å². The van der Waals surface area contributed by atoms with E-state index in [1.54, 1.807) is 0 Å². The zero-order valence-corrected chi connectivity index (χ0v) is 13.3. The van der Waals surface area contributed by atoms with Crippen molar-refractivity contribution in [1.82, 2.24) is 15.1 Å². The molecule has 0 atom stereocenters. The summed E-state index contributed by atoms with van der Waals surface area (Å²) in [7, 11) is 0. The first-order valence-electron chi connectivity index (χ1n) is 7.63. The Hall–Kier alpha value is -0.520. The number of piperidine rings is 1. The molecule has 0 aromatic carbocycles. The van der Waals surface area contributed by atoms with E-state index in [1.807, 2.05) is 9.80 Å². The number of nitrogens with one attached hydrogen (secondary N) is 1. The molecule has 0 saturated carbocycles. The van der Waals surface area contributed by atoms with Crippen molar-refractivity contribution in [2.45, 2.75) is 26.2 Å². The Kier molecular flexibility index (Phi) is 8.26. The van der Waals surface area contributed by atoms with Gasteiger partial charge in [-0.25, -0.2) is 4.79 Å². The van der Waals surface area contributed by atoms with E-state index in [-0.39, 0.29) is 18.4 Å². The molecule has 5 nitrogen and oxygen atoms in total. The van der Waals surface area contributed by atoms with Crippen LogP contribution in [0.1, 0.15) is 26.2 Å². The fourth-order valence-corrected chi connectivity index (χ4v) is 2.77. The van der Waals surface area contributed by atoms with E-state index < -0.39 is 0 Å².